The average molecular weight is 375 g/mol. The number of halogens is 2. The molecule has 4 rings (SSSR count). The van der Waals surface area contributed by atoms with Crippen molar-refractivity contribution in [3.8, 4) is 0 Å². The minimum Gasteiger partial charge on any atom is -0.396 e. The molecule has 2 heterocycles. The van der Waals surface area contributed by atoms with Crippen molar-refractivity contribution in [2.24, 2.45) is 0 Å². The van der Waals surface area contributed by atoms with E-state index in [1.807, 2.05) is 24.3 Å². The van der Waals surface area contributed by atoms with E-state index in [0.717, 1.165) is 11.1 Å². The Labute approximate surface area is 157 Å². The van der Waals surface area contributed by atoms with Gasteiger partial charge < -0.3 is 14.6 Å². The summed E-state index contributed by atoms with van der Waals surface area (Å²) in [5.74, 6) is 0. The summed E-state index contributed by atoms with van der Waals surface area (Å²) in [7, 11) is 0. The molecule has 0 amide bonds. The highest BCUT2D eigenvalue weighted by atomic mass is 19.1. The van der Waals surface area contributed by atoms with Gasteiger partial charge >= 0.3 is 0 Å². The largest absolute Gasteiger partial charge is 0.396 e. The van der Waals surface area contributed by atoms with Crippen molar-refractivity contribution in [3.05, 3.63) is 70.8 Å². The van der Waals surface area contributed by atoms with Crippen LogP contribution in [0.4, 0.5) is 8.78 Å². The maximum atomic E-state index is 13.1. The molecule has 27 heavy (non-hydrogen) atoms. The lowest BCUT2D eigenvalue weighted by atomic mass is 9.95. The Hall–Kier alpha value is -1.86. The molecule has 6 heteroatoms. The van der Waals surface area contributed by atoms with Gasteiger partial charge in [0.05, 0.1) is 18.8 Å². The third kappa shape index (κ3) is 3.27. The average Bonchev–Trinajstić information content (AvgIpc) is 3.25. The highest BCUT2D eigenvalue weighted by Crippen LogP contribution is 2.50. The Morgan fingerprint density at radius 3 is 1.89 bits per heavy atom. The van der Waals surface area contributed by atoms with Crippen LogP contribution in [0.1, 0.15) is 41.1 Å². The fraction of sp³-hybridized carbons (Fsp3) is 0.429. The standard InChI is InChI=1S/C21H23F2NO3/c22-11-15-3-1-5-17(9-15)19-24-20(18-6-2-4-16(10-18)12-23)27-14-21(24,7-8-25)13-26-19/h1-6,9-10,19-20,25H,7-8,11-14H2/t19-,20?,21-/m0/s1. The topological polar surface area (TPSA) is 41.9 Å². The monoisotopic (exact) mass is 375 g/mol. The molecule has 0 saturated carbocycles. The molecule has 2 aliphatic rings. The molecule has 144 valence electrons. The number of benzene rings is 2. The van der Waals surface area contributed by atoms with E-state index in [2.05, 4.69) is 4.90 Å². The van der Waals surface area contributed by atoms with E-state index >= 15 is 0 Å². The van der Waals surface area contributed by atoms with Gasteiger partial charge in [0.2, 0.25) is 0 Å². The van der Waals surface area contributed by atoms with Gasteiger partial charge in [0.1, 0.15) is 25.8 Å². The van der Waals surface area contributed by atoms with Crippen molar-refractivity contribution in [2.45, 2.75) is 37.8 Å². The van der Waals surface area contributed by atoms with Crippen LogP contribution in [0, 0.1) is 0 Å². The molecule has 0 radical (unpaired) electrons. The second-order valence-electron chi connectivity index (χ2n) is 7.19. The molecule has 3 atom stereocenters. The Bertz CT molecular complexity index is 741. The summed E-state index contributed by atoms with van der Waals surface area (Å²) in [6.07, 6.45) is -0.319. The van der Waals surface area contributed by atoms with Gasteiger partial charge in [-0.2, -0.15) is 0 Å². The van der Waals surface area contributed by atoms with Gasteiger partial charge in [0.15, 0.2) is 0 Å². The van der Waals surface area contributed by atoms with Crippen LogP contribution in [-0.4, -0.2) is 35.4 Å². The first-order valence-electron chi connectivity index (χ1n) is 9.13. The van der Waals surface area contributed by atoms with Crippen LogP contribution in [0.5, 0.6) is 0 Å². The Balaban J connectivity index is 1.73. The van der Waals surface area contributed by atoms with Crippen LogP contribution >= 0.6 is 0 Å². The van der Waals surface area contributed by atoms with Gasteiger partial charge in [-0.3, -0.25) is 0 Å². The number of ether oxygens (including phenoxy) is 2. The Morgan fingerprint density at radius 2 is 1.44 bits per heavy atom. The smallest absolute Gasteiger partial charge is 0.139 e. The molecule has 2 saturated heterocycles. The van der Waals surface area contributed by atoms with Crippen LogP contribution in [0.3, 0.4) is 0 Å². The van der Waals surface area contributed by atoms with Gasteiger partial charge in [-0.1, -0.05) is 36.4 Å². The van der Waals surface area contributed by atoms with E-state index in [9.17, 15) is 13.9 Å². The first-order valence-corrected chi connectivity index (χ1v) is 9.13. The van der Waals surface area contributed by atoms with Crippen LogP contribution in [0.15, 0.2) is 48.5 Å². The zero-order valence-corrected chi connectivity index (χ0v) is 15.0. The third-order valence-electron chi connectivity index (χ3n) is 5.43. The maximum Gasteiger partial charge on any atom is 0.139 e. The van der Waals surface area contributed by atoms with Gasteiger partial charge in [0.25, 0.3) is 0 Å². The SMILES string of the molecule is OCC[C@]12COC(c3cccc(CF)c3)N1[C@H](c1cccc(CF)c1)OC2. The number of hydrogen-bond donors (Lipinski definition) is 1. The third-order valence-corrected chi connectivity index (χ3v) is 5.43. The molecular formula is C21H23F2NO3. The van der Waals surface area contributed by atoms with Crippen LogP contribution < -0.4 is 0 Å². The molecule has 4 nitrogen and oxygen atoms in total. The zero-order valence-electron chi connectivity index (χ0n) is 15.0. The van der Waals surface area contributed by atoms with E-state index in [1.165, 1.54) is 0 Å². The van der Waals surface area contributed by atoms with E-state index in [1.54, 1.807) is 24.3 Å². The van der Waals surface area contributed by atoms with E-state index < -0.39 is 31.3 Å². The number of nitrogens with zero attached hydrogens (tertiary/aromatic N) is 1. The molecule has 1 unspecified atom stereocenters. The van der Waals surface area contributed by atoms with Crippen molar-refractivity contribution < 1.29 is 23.4 Å². The minimum absolute atomic E-state index is 0.0116. The summed E-state index contributed by atoms with van der Waals surface area (Å²) in [5.41, 5.74) is 2.42. The number of hydrogen-bond acceptors (Lipinski definition) is 4. The van der Waals surface area contributed by atoms with Crippen molar-refractivity contribution in [3.63, 3.8) is 0 Å². The van der Waals surface area contributed by atoms with Crippen molar-refractivity contribution in [2.75, 3.05) is 19.8 Å². The summed E-state index contributed by atoms with van der Waals surface area (Å²) in [5, 5.41) is 9.61. The van der Waals surface area contributed by atoms with E-state index in [0.29, 0.717) is 30.8 Å². The molecule has 0 bridgehead atoms. The fourth-order valence-corrected chi connectivity index (χ4v) is 4.09. The molecule has 0 aliphatic carbocycles. The van der Waals surface area contributed by atoms with Crippen LogP contribution in [-0.2, 0) is 22.8 Å². The number of aliphatic hydroxyl groups excluding tert-OH is 1. The molecule has 2 aliphatic heterocycles. The van der Waals surface area contributed by atoms with Gasteiger partial charge in [0, 0.05) is 6.61 Å². The van der Waals surface area contributed by atoms with E-state index in [-0.39, 0.29) is 6.61 Å². The van der Waals surface area contributed by atoms with Gasteiger partial charge in [-0.05, 0) is 40.8 Å². The lowest BCUT2D eigenvalue weighted by Crippen LogP contribution is -2.45. The first kappa shape index (κ1) is 18.5. The van der Waals surface area contributed by atoms with Crippen molar-refractivity contribution in [1.82, 2.24) is 4.90 Å². The number of rotatable bonds is 6. The predicted molar refractivity (Wildman–Crippen MR) is 96.2 cm³/mol. The number of aliphatic hydroxyl groups is 1. The molecule has 1 N–H and O–H groups in total. The quantitative estimate of drug-likeness (QED) is 0.834. The minimum atomic E-state index is -0.541. The van der Waals surface area contributed by atoms with Crippen LogP contribution in [0.2, 0.25) is 0 Å². The molecular weight excluding hydrogens is 352 g/mol. The molecule has 0 aromatic heterocycles. The molecule has 2 aromatic carbocycles. The zero-order chi connectivity index (χ0) is 18.9. The lowest BCUT2D eigenvalue weighted by molar-refractivity contribution is -0.0624. The highest BCUT2D eigenvalue weighted by Gasteiger charge is 2.56. The Morgan fingerprint density at radius 1 is 0.926 bits per heavy atom. The summed E-state index contributed by atoms with van der Waals surface area (Å²) in [6, 6.07) is 14.5. The summed E-state index contributed by atoms with van der Waals surface area (Å²) >= 11 is 0. The van der Waals surface area contributed by atoms with Crippen molar-refractivity contribution in [1.29, 1.82) is 0 Å². The highest BCUT2D eigenvalue weighted by molar-refractivity contribution is 5.30. The molecule has 2 fully saturated rings. The Kier molecular flexibility index (Phi) is 5.23. The summed E-state index contributed by atoms with van der Waals surface area (Å²) < 4.78 is 38.5. The first-order chi connectivity index (χ1) is 13.2. The predicted octanol–water partition coefficient (Wildman–Crippen LogP) is 3.81. The maximum absolute atomic E-state index is 13.1. The number of fused-ring (bicyclic) bond motifs is 1. The lowest BCUT2D eigenvalue weighted by Gasteiger charge is -2.34. The molecule has 2 aromatic rings. The second kappa shape index (κ2) is 7.64. The summed E-state index contributed by atoms with van der Waals surface area (Å²) in [4.78, 5) is 2.11. The van der Waals surface area contributed by atoms with Gasteiger partial charge in [-0.25, -0.2) is 13.7 Å². The molecule has 0 spiro atoms. The fourth-order valence-electron chi connectivity index (χ4n) is 4.09. The van der Waals surface area contributed by atoms with Gasteiger partial charge in [-0.15, -0.1) is 0 Å². The van der Waals surface area contributed by atoms with E-state index in [4.69, 9.17) is 9.47 Å². The van der Waals surface area contributed by atoms with Crippen molar-refractivity contribution >= 4 is 0 Å². The second-order valence-corrected chi connectivity index (χ2v) is 7.19. The summed E-state index contributed by atoms with van der Waals surface area (Å²) in [6.45, 7) is -0.242. The normalized spacial score (nSPS) is 27.8. The number of alkyl halides is 2. The van der Waals surface area contributed by atoms with Crippen LogP contribution in [0.25, 0.3) is 0 Å².